The number of hydrogen-bond donors (Lipinski definition) is 0. The van der Waals surface area contributed by atoms with Gasteiger partial charge in [-0.1, -0.05) is 12.1 Å². The Morgan fingerprint density at radius 1 is 0.969 bits per heavy atom. The van der Waals surface area contributed by atoms with Gasteiger partial charge in [-0.2, -0.15) is 0 Å². The topological polar surface area (TPSA) is 62.7 Å². The van der Waals surface area contributed by atoms with Crippen LogP contribution in [-0.2, 0) is 6.54 Å². The summed E-state index contributed by atoms with van der Waals surface area (Å²) in [4.78, 5) is 34.0. The Balaban J connectivity index is 1.76. The molecule has 0 saturated heterocycles. The number of rotatable bonds is 8. The van der Waals surface area contributed by atoms with E-state index in [1.165, 1.54) is 11.3 Å². The minimum absolute atomic E-state index is 0.0341. The lowest BCUT2D eigenvalue weighted by atomic mass is 10.1. The number of ether oxygens (including phenoxy) is 1. The molecule has 1 aromatic heterocycles. The first-order valence-corrected chi connectivity index (χ1v) is 11.5. The highest BCUT2D eigenvalue weighted by molar-refractivity contribution is 7.17. The van der Waals surface area contributed by atoms with E-state index in [9.17, 15) is 9.59 Å². The molecule has 1 heterocycles. The molecule has 2 aromatic carbocycles. The SMILES string of the molecule is CCOc1ccc(-c2nc(C)c(C(=O)N(CC)Cc3ccc(C(=O)N(C)C)cc3)s2)cc1. The minimum Gasteiger partial charge on any atom is -0.494 e. The second-order valence-corrected chi connectivity index (χ2v) is 8.61. The van der Waals surface area contributed by atoms with Crippen LogP contribution in [0.25, 0.3) is 10.6 Å². The van der Waals surface area contributed by atoms with Crippen LogP contribution in [0.4, 0.5) is 0 Å². The van der Waals surface area contributed by atoms with E-state index in [2.05, 4.69) is 4.98 Å². The van der Waals surface area contributed by atoms with Crippen molar-refractivity contribution in [2.45, 2.75) is 27.3 Å². The first-order valence-electron chi connectivity index (χ1n) is 10.6. The largest absolute Gasteiger partial charge is 0.494 e. The van der Waals surface area contributed by atoms with Gasteiger partial charge in [0.25, 0.3) is 11.8 Å². The smallest absolute Gasteiger partial charge is 0.266 e. The molecule has 0 atom stereocenters. The Hall–Kier alpha value is -3.19. The molecular weight excluding hydrogens is 422 g/mol. The lowest BCUT2D eigenvalue weighted by molar-refractivity contribution is 0.0755. The Labute approximate surface area is 193 Å². The average molecular weight is 452 g/mol. The van der Waals surface area contributed by atoms with Gasteiger partial charge in [-0.3, -0.25) is 9.59 Å². The van der Waals surface area contributed by atoms with Crippen LogP contribution in [0.1, 0.15) is 45.1 Å². The number of aromatic nitrogens is 1. The number of benzene rings is 2. The molecule has 0 N–H and O–H groups in total. The number of nitrogens with zero attached hydrogens (tertiary/aromatic N) is 3. The zero-order valence-corrected chi connectivity index (χ0v) is 20.0. The van der Waals surface area contributed by atoms with Crippen LogP contribution in [0.5, 0.6) is 5.75 Å². The predicted octanol–water partition coefficient (Wildman–Crippen LogP) is 4.88. The number of thiazole rings is 1. The van der Waals surface area contributed by atoms with E-state index in [1.54, 1.807) is 36.0 Å². The number of carbonyl (C=O) groups is 2. The van der Waals surface area contributed by atoms with E-state index in [4.69, 9.17) is 4.74 Å². The van der Waals surface area contributed by atoms with Crippen molar-refractivity contribution < 1.29 is 14.3 Å². The summed E-state index contributed by atoms with van der Waals surface area (Å²) in [5.41, 5.74) is 3.30. The van der Waals surface area contributed by atoms with Gasteiger partial charge in [-0.15, -0.1) is 11.3 Å². The van der Waals surface area contributed by atoms with Crippen molar-refractivity contribution in [2.24, 2.45) is 0 Å². The fourth-order valence-corrected chi connectivity index (χ4v) is 4.32. The summed E-state index contributed by atoms with van der Waals surface area (Å²) in [6.45, 7) is 7.46. The Kier molecular flexibility index (Phi) is 7.64. The summed E-state index contributed by atoms with van der Waals surface area (Å²) in [7, 11) is 3.46. The molecule has 0 fully saturated rings. The first-order chi connectivity index (χ1) is 15.3. The predicted molar refractivity (Wildman–Crippen MR) is 128 cm³/mol. The van der Waals surface area contributed by atoms with Gasteiger partial charge < -0.3 is 14.5 Å². The van der Waals surface area contributed by atoms with Crippen molar-refractivity contribution in [1.82, 2.24) is 14.8 Å². The third-order valence-electron chi connectivity index (χ3n) is 5.05. The molecular formula is C25H29N3O3S. The van der Waals surface area contributed by atoms with E-state index in [-0.39, 0.29) is 11.8 Å². The highest BCUT2D eigenvalue weighted by atomic mass is 32.1. The lowest BCUT2D eigenvalue weighted by Gasteiger charge is -2.21. The molecule has 32 heavy (non-hydrogen) atoms. The summed E-state index contributed by atoms with van der Waals surface area (Å²) in [6, 6.07) is 15.2. The van der Waals surface area contributed by atoms with Crippen LogP contribution >= 0.6 is 11.3 Å². The van der Waals surface area contributed by atoms with Crippen LogP contribution in [0.3, 0.4) is 0 Å². The van der Waals surface area contributed by atoms with E-state index in [0.717, 1.165) is 27.6 Å². The van der Waals surface area contributed by atoms with Gasteiger partial charge in [0.05, 0.1) is 12.3 Å². The van der Waals surface area contributed by atoms with E-state index in [0.29, 0.717) is 30.1 Å². The first kappa shape index (κ1) is 23.5. The van der Waals surface area contributed by atoms with Gasteiger partial charge in [-0.05, 0) is 62.7 Å². The van der Waals surface area contributed by atoms with Gasteiger partial charge in [0.1, 0.15) is 15.6 Å². The monoisotopic (exact) mass is 451 g/mol. The standard InChI is InChI=1S/C25H29N3O3S/c1-6-28(16-18-8-10-20(11-9-18)24(29)27(4)5)25(30)22-17(3)26-23(32-22)19-12-14-21(15-13-19)31-7-2/h8-15H,6-7,16H2,1-5H3. The number of amides is 2. The van der Waals surface area contributed by atoms with Gasteiger partial charge in [-0.25, -0.2) is 4.98 Å². The molecule has 0 unspecified atom stereocenters. The second kappa shape index (κ2) is 10.4. The molecule has 6 nitrogen and oxygen atoms in total. The zero-order valence-electron chi connectivity index (χ0n) is 19.2. The highest BCUT2D eigenvalue weighted by Crippen LogP contribution is 2.30. The number of carbonyl (C=O) groups excluding carboxylic acids is 2. The maximum absolute atomic E-state index is 13.3. The summed E-state index contributed by atoms with van der Waals surface area (Å²) in [5, 5.41) is 0.816. The number of aryl methyl sites for hydroxylation is 1. The van der Waals surface area contributed by atoms with Crippen molar-refractivity contribution in [3.8, 4) is 16.3 Å². The minimum atomic E-state index is -0.0397. The van der Waals surface area contributed by atoms with Gasteiger partial charge in [0.15, 0.2) is 0 Å². The second-order valence-electron chi connectivity index (χ2n) is 7.61. The third kappa shape index (κ3) is 5.34. The van der Waals surface area contributed by atoms with Crippen molar-refractivity contribution >= 4 is 23.2 Å². The molecule has 0 aliphatic carbocycles. The quantitative estimate of drug-likeness (QED) is 0.490. The molecule has 0 aliphatic rings. The molecule has 2 amide bonds. The molecule has 7 heteroatoms. The molecule has 168 valence electrons. The highest BCUT2D eigenvalue weighted by Gasteiger charge is 2.21. The molecule has 3 rings (SSSR count). The van der Waals surface area contributed by atoms with Crippen molar-refractivity contribution in [2.75, 3.05) is 27.2 Å². The van der Waals surface area contributed by atoms with Gasteiger partial charge >= 0.3 is 0 Å². The summed E-state index contributed by atoms with van der Waals surface area (Å²) in [5.74, 6) is 0.742. The average Bonchev–Trinajstić information content (AvgIpc) is 3.19. The van der Waals surface area contributed by atoms with E-state index in [1.807, 2.05) is 57.2 Å². The number of hydrogen-bond acceptors (Lipinski definition) is 5. The maximum atomic E-state index is 13.3. The van der Waals surface area contributed by atoms with Crippen LogP contribution < -0.4 is 4.74 Å². The fraction of sp³-hybridized carbons (Fsp3) is 0.320. The summed E-state index contributed by atoms with van der Waals surface area (Å²) >= 11 is 1.41. The lowest BCUT2D eigenvalue weighted by Crippen LogP contribution is -2.30. The maximum Gasteiger partial charge on any atom is 0.266 e. The van der Waals surface area contributed by atoms with Crippen LogP contribution in [-0.4, -0.2) is 53.8 Å². The summed E-state index contributed by atoms with van der Waals surface area (Å²) < 4.78 is 5.50. The normalized spacial score (nSPS) is 10.7. The van der Waals surface area contributed by atoms with Gasteiger partial charge in [0, 0.05) is 38.3 Å². The zero-order chi connectivity index (χ0) is 23.3. The van der Waals surface area contributed by atoms with Crippen LogP contribution in [0.15, 0.2) is 48.5 Å². The Morgan fingerprint density at radius 3 is 2.19 bits per heavy atom. The Morgan fingerprint density at radius 2 is 1.62 bits per heavy atom. The van der Waals surface area contributed by atoms with Crippen molar-refractivity contribution in [3.05, 3.63) is 70.2 Å². The summed E-state index contributed by atoms with van der Waals surface area (Å²) in [6.07, 6.45) is 0. The fourth-order valence-electron chi connectivity index (χ4n) is 3.28. The molecule has 0 radical (unpaired) electrons. The van der Waals surface area contributed by atoms with Crippen molar-refractivity contribution in [3.63, 3.8) is 0 Å². The van der Waals surface area contributed by atoms with Gasteiger partial charge in [0.2, 0.25) is 0 Å². The van der Waals surface area contributed by atoms with E-state index < -0.39 is 0 Å². The Bertz CT molecular complexity index is 1070. The van der Waals surface area contributed by atoms with Crippen LogP contribution in [0, 0.1) is 6.92 Å². The van der Waals surface area contributed by atoms with Crippen LogP contribution in [0.2, 0.25) is 0 Å². The molecule has 0 spiro atoms. The molecule has 3 aromatic rings. The van der Waals surface area contributed by atoms with Crippen molar-refractivity contribution in [1.29, 1.82) is 0 Å². The molecule has 0 bridgehead atoms. The van der Waals surface area contributed by atoms with E-state index >= 15 is 0 Å². The molecule has 0 saturated carbocycles. The third-order valence-corrected chi connectivity index (χ3v) is 6.25. The molecule has 0 aliphatic heterocycles.